The monoisotopic (exact) mass is 238 g/mol. The van der Waals surface area contributed by atoms with E-state index < -0.39 is 0 Å². The number of nitrogens with one attached hydrogen (secondary N) is 1. The molecule has 3 nitrogen and oxygen atoms in total. The highest BCUT2D eigenvalue weighted by molar-refractivity contribution is 5.32. The molecule has 1 aromatic carbocycles. The predicted molar refractivity (Wildman–Crippen MR) is 69.9 cm³/mol. The first kappa shape index (κ1) is 14.0. The zero-order chi connectivity index (χ0) is 12.7. The first-order valence-electron chi connectivity index (χ1n) is 6.16. The molecule has 17 heavy (non-hydrogen) atoms. The third-order valence-corrected chi connectivity index (χ3v) is 2.44. The molecule has 1 rings (SSSR count). The van der Waals surface area contributed by atoms with E-state index in [-0.39, 0.29) is 0 Å². The molecule has 3 heteroatoms. The molecule has 0 atom stereocenters. The largest absolute Gasteiger partial charge is 0.491 e. The van der Waals surface area contributed by atoms with Gasteiger partial charge in [-0.15, -0.1) is 0 Å². The third kappa shape index (κ3) is 6.29. The van der Waals surface area contributed by atoms with Crippen molar-refractivity contribution in [2.45, 2.75) is 13.8 Å². The van der Waals surface area contributed by atoms with Crippen LogP contribution < -0.4 is 9.64 Å². The van der Waals surface area contributed by atoms with Gasteiger partial charge in [-0.1, -0.05) is 6.07 Å². The number of ether oxygens (including phenoxy) is 2. The second-order valence-electron chi connectivity index (χ2n) is 4.74. The van der Waals surface area contributed by atoms with Crippen molar-refractivity contribution in [1.29, 1.82) is 0 Å². The van der Waals surface area contributed by atoms with E-state index in [2.05, 4.69) is 46.1 Å². The molecule has 0 saturated carbocycles. The molecule has 0 bridgehead atoms. The molecular formula is C14H24NO2+. The fourth-order valence-corrected chi connectivity index (χ4v) is 1.61. The van der Waals surface area contributed by atoms with Gasteiger partial charge in [0, 0.05) is 0 Å². The number of hydrogen-bond acceptors (Lipinski definition) is 2. The zero-order valence-electron chi connectivity index (χ0n) is 11.4. The molecule has 0 aromatic heterocycles. The topological polar surface area (TPSA) is 22.9 Å². The Labute approximate surface area is 104 Å². The molecule has 0 saturated heterocycles. The van der Waals surface area contributed by atoms with Crippen molar-refractivity contribution in [2.24, 2.45) is 0 Å². The molecule has 0 unspecified atom stereocenters. The van der Waals surface area contributed by atoms with Crippen molar-refractivity contribution in [3.8, 4) is 5.75 Å². The van der Waals surface area contributed by atoms with Crippen LogP contribution in [0.2, 0.25) is 0 Å². The normalized spacial score (nSPS) is 10.9. The molecule has 0 aliphatic heterocycles. The molecule has 96 valence electrons. The van der Waals surface area contributed by atoms with Crippen LogP contribution in [0.5, 0.6) is 5.75 Å². The summed E-state index contributed by atoms with van der Waals surface area (Å²) in [7, 11) is 4.24. The Kier molecular flexibility index (Phi) is 6.01. The van der Waals surface area contributed by atoms with Crippen LogP contribution in [0.4, 0.5) is 0 Å². The molecule has 0 spiro atoms. The molecule has 1 aromatic rings. The van der Waals surface area contributed by atoms with Gasteiger partial charge >= 0.3 is 0 Å². The van der Waals surface area contributed by atoms with Gasteiger partial charge in [0.15, 0.2) is 0 Å². The predicted octanol–water partition coefficient (Wildman–Crippen LogP) is 0.843. The molecule has 1 N–H and O–H groups in total. The Morgan fingerprint density at radius 2 is 1.59 bits per heavy atom. The quantitative estimate of drug-likeness (QED) is 0.712. The molecule has 0 heterocycles. The lowest BCUT2D eigenvalue weighted by atomic mass is 10.1. The van der Waals surface area contributed by atoms with Crippen molar-refractivity contribution < 1.29 is 14.4 Å². The molecule has 0 amide bonds. The summed E-state index contributed by atoms with van der Waals surface area (Å²) in [5.41, 5.74) is 2.47. The highest BCUT2D eigenvalue weighted by Gasteiger charge is 1.97. The van der Waals surface area contributed by atoms with Crippen LogP contribution in [-0.4, -0.2) is 40.5 Å². The number of hydrogen-bond donors (Lipinski definition) is 1. The van der Waals surface area contributed by atoms with Crippen molar-refractivity contribution in [3.63, 3.8) is 0 Å². The SMILES string of the molecule is Cc1cc(C)cc(OCCOCC[NH+](C)C)c1. The van der Waals surface area contributed by atoms with Gasteiger partial charge in [0.05, 0.1) is 27.3 Å². The second kappa shape index (κ2) is 7.30. The zero-order valence-corrected chi connectivity index (χ0v) is 11.4. The van der Waals surface area contributed by atoms with Crippen LogP contribution in [0, 0.1) is 13.8 Å². The Bertz CT molecular complexity index is 317. The van der Waals surface area contributed by atoms with Gasteiger partial charge in [-0.05, 0) is 37.1 Å². The maximum Gasteiger partial charge on any atom is 0.119 e. The Morgan fingerprint density at radius 3 is 2.18 bits per heavy atom. The van der Waals surface area contributed by atoms with E-state index >= 15 is 0 Å². The Hall–Kier alpha value is -1.06. The number of likely N-dealkylation sites (N-methyl/N-ethyl adjacent to an activating group) is 1. The number of benzene rings is 1. The highest BCUT2D eigenvalue weighted by atomic mass is 16.5. The van der Waals surface area contributed by atoms with Gasteiger partial charge in [0.1, 0.15) is 18.9 Å². The number of rotatable bonds is 7. The summed E-state index contributed by atoms with van der Waals surface area (Å²) in [5.74, 6) is 0.935. The van der Waals surface area contributed by atoms with Crippen molar-refractivity contribution in [2.75, 3.05) is 40.5 Å². The summed E-state index contributed by atoms with van der Waals surface area (Å²) in [5, 5.41) is 0. The van der Waals surface area contributed by atoms with Gasteiger partial charge in [-0.2, -0.15) is 0 Å². The maximum absolute atomic E-state index is 5.64. The average Bonchev–Trinajstić information content (AvgIpc) is 2.21. The van der Waals surface area contributed by atoms with Gasteiger partial charge in [0.2, 0.25) is 0 Å². The van der Waals surface area contributed by atoms with Crippen LogP contribution in [-0.2, 0) is 4.74 Å². The summed E-state index contributed by atoms with van der Waals surface area (Å²) < 4.78 is 11.1. The molecule has 0 radical (unpaired) electrons. The van der Waals surface area contributed by atoms with E-state index in [1.54, 1.807) is 0 Å². The maximum atomic E-state index is 5.64. The van der Waals surface area contributed by atoms with Crippen LogP contribution in [0.3, 0.4) is 0 Å². The average molecular weight is 238 g/mol. The highest BCUT2D eigenvalue weighted by Crippen LogP contribution is 2.15. The van der Waals surface area contributed by atoms with Crippen LogP contribution in [0.25, 0.3) is 0 Å². The van der Waals surface area contributed by atoms with Gasteiger partial charge < -0.3 is 14.4 Å². The summed E-state index contributed by atoms with van der Waals surface area (Å²) in [4.78, 5) is 1.40. The lowest BCUT2D eigenvalue weighted by Crippen LogP contribution is -3.06. The van der Waals surface area contributed by atoms with E-state index in [0.717, 1.165) is 18.9 Å². The lowest BCUT2D eigenvalue weighted by molar-refractivity contribution is -0.858. The summed E-state index contributed by atoms with van der Waals surface area (Å²) in [6.07, 6.45) is 0. The van der Waals surface area contributed by atoms with E-state index in [9.17, 15) is 0 Å². The number of quaternary nitrogens is 1. The Balaban J connectivity index is 2.18. The van der Waals surface area contributed by atoms with Crippen molar-refractivity contribution in [3.05, 3.63) is 29.3 Å². The minimum atomic E-state index is 0.617. The number of aryl methyl sites for hydroxylation is 2. The second-order valence-corrected chi connectivity index (χ2v) is 4.74. The van der Waals surface area contributed by atoms with Gasteiger partial charge in [-0.25, -0.2) is 0 Å². The molecule has 0 aliphatic carbocycles. The Morgan fingerprint density at radius 1 is 0.941 bits per heavy atom. The molecular weight excluding hydrogens is 214 g/mol. The minimum Gasteiger partial charge on any atom is -0.491 e. The smallest absolute Gasteiger partial charge is 0.119 e. The van der Waals surface area contributed by atoms with E-state index in [0.29, 0.717) is 13.2 Å². The van der Waals surface area contributed by atoms with Crippen molar-refractivity contribution in [1.82, 2.24) is 0 Å². The standard InChI is InChI=1S/C14H23NO2/c1-12-9-13(2)11-14(10-12)17-8-7-16-6-5-15(3)4/h9-11H,5-8H2,1-4H3/p+1. The first-order valence-corrected chi connectivity index (χ1v) is 6.16. The molecule has 0 fully saturated rings. The van der Waals surface area contributed by atoms with Gasteiger partial charge in [0.25, 0.3) is 0 Å². The van der Waals surface area contributed by atoms with E-state index in [1.807, 2.05) is 0 Å². The van der Waals surface area contributed by atoms with Crippen molar-refractivity contribution >= 4 is 0 Å². The summed E-state index contributed by atoms with van der Waals surface area (Å²) >= 11 is 0. The lowest BCUT2D eigenvalue weighted by Gasteiger charge is -2.10. The van der Waals surface area contributed by atoms with Crippen LogP contribution in [0.15, 0.2) is 18.2 Å². The molecule has 0 aliphatic rings. The summed E-state index contributed by atoms with van der Waals surface area (Å²) in [6.45, 7) is 7.25. The van der Waals surface area contributed by atoms with Gasteiger partial charge in [-0.3, -0.25) is 0 Å². The minimum absolute atomic E-state index is 0.617. The fraction of sp³-hybridized carbons (Fsp3) is 0.571. The van der Waals surface area contributed by atoms with E-state index in [4.69, 9.17) is 9.47 Å². The van der Waals surface area contributed by atoms with Crippen LogP contribution in [0.1, 0.15) is 11.1 Å². The van der Waals surface area contributed by atoms with E-state index in [1.165, 1.54) is 16.0 Å². The third-order valence-electron chi connectivity index (χ3n) is 2.44. The van der Waals surface area contributed by atoms with Crippen LogP contribution >= 0.6 is 0 Å². The summed E-state index contributed by atoms with van der Waals surface area (Å²) in [6, 6.07) is 6.25. The first-order chi connectivity index (χ1) is 8.08. The fourth-order valence-electron chi connectivity index (χ4n) is 1.61.